The number of hydrogen-bond donors (Lipinski definition) is 1. The van der Waals surface area contributed by atoms with Gasteiger partial charge in [-0.1, -0.05) is 24.3 Å². The van der Waals surface area contributed by atoms with Crippen LogP contribution in [-0.2, 0) is 6.54 Å². The van der Waals surface area contributed by atoms with Crippen LogP contribution in [0, 0.1) is 0 Å². The van der Waals surface area contributed by atoms with Crippen molar-refractivity contribution in [3.05, 3.63) is 78.2 Å². The molecule has 0 bridgehead atoms. The van der Waals surface area contributed by atoms with Crippen LogP contribution in [0.5, 0.6) is 5.75 Å². The predicted molar refractivity (Wildman–Crippen MR) is 91.6 cm³/mol. The smallest absolute Gasteiger partial charge is 0.251 e. The number of rotatable bonds is 5. The molecule has 2 aromatic carbocycles. The van der Waals surface area contributed by atoms with Crippen LogP contribution in [0.2, 0.25) is 0 Å². The molecule has 5 heteroatoms. The minimum Gasteiger partial charge on any atom is -0.497 e. The van der Waals surface area contributed by atoms with Crippen molar-refractivity contribution in [3.8, 4) is 17.0 Å². The van der Waals surface area contributed by atoms with Gasteiger partial charge in [0.25, 0.3) is 5.91 Å². The number of carbonyl (C=O) groups excluding carboxylic acids is 1. The summed E-state index contributed by atoms with van der Waals surface area (Å²) in [6, 6.07) is 16.8. The first kappa shape index (κ1) is 15.7. The van der Waals surface area contributed by atoms with E-state index >= 15 is 0 Å². The summed E-state index contributed by atoms with van der Waals surface area (Å²) in [5.41, 5.74) is 3.37. The van der Waals surface area contributed by atoms with Gasteiger partial charge in [0.15, 0.2) is 0 Å². The molecule has 24 heavy (non-hydrogen) atoms. The van der Waals surface area contributed by atoms with Crippen molar-refractivity contribution in [2.75, 3.05) is 7.11 Å². The average molecular weight is 319 g/mol. The minimum atomic E-state index is -0.118. The molecular formula is C19H17N3O2. The highest BCUT2D eigenvalue weighted by atomic mass is 16.5. The van der Waals surface area contributed by atoms with Crippen molar-refractivity contribution in [2.45, 2.75) is 6.54 Å². The Kier molecular flexibility index (Phi) is 4.81. The van der Waals surface area contributed by atoms with Crippen LogP contribution in [0.3, 0.4) is 0 Å². The first-order valence-corrected chi connectivity index (χ1v) is 7.54. The summed E-state index contributed by atoms with van der Waals surface area (Å²) >= 11 is 0. The molecular weight excluding hydrogens is 302 g/mol. The second kappa shape index (κ2) is 7.37. The van der Waals surface area contributed by atoms with E-state index in [4.69, 9.17) is 4.74 Å². The molecule has 0 unspecified atom stereocenters. The number of ether oxygens (including phenoxy) is 1. The highest BCUT2D eigenvalue weighted by Gasteiger charge is 2.06. The van der Waals surface area contributed by atoms with Gasteiger partial charge in [-0.15, -0.1) is 0 Å². The number of nitrogens with zero attached hydrogens (tertiary/aromatic N) is 2. The van der Waals surface area contributed by atoms with Gasteiger partial charge < -0.3 is 10.1 Å². The lowest BCUT2D eigenvalue weighted by molar-refractivity contribution is 0.0951. The second-order valence-corrected chi connectivity index (χ2v) is 5.21. The highest BCUT2D eigenvalue weighted by Crippen LogP contribution is 2.17. The van der Waals surface area contributed by atoms with Crippen LogP contribution < -0.4 is 10.1 Å². The Morgan fingerprint density at radius 3 is 2.67 bits per heavy atom. The SMILES string of the molecule is COc1cccc(CNC(=O)c2ccc(-c3ccncn3)cc2)c1. The molecule has 0 atom stereocenters. The molecule has 1 aromatic heterocycles. The Bertz CT molecular complexity index is 818. The van der Waals surface area contributed by atoms with Gasteiger partial charge in [-0.25, -0.2) is 9.97 Å². The first-order chi connectivity index (χ1) is 11.8. The summed E-state index contributed by atoms with van der Waals surface area (Å²) in [5, 5.41) is 2.91. The molecule has 5 nitrogen and oxygen atoms in total. The van der Waals surface area contributed by atoms with E-state index in [1.165, 1.54) is 6.33 Å². The summed E-state index contributed by atoms with van der Waals surface area (Å²) in [6.45, 7) is 0.448. The fourth-order valence-electron chi connectivity index (χ4n) is 2.32. The fourth-order valence-corrected chi connectivity index (χ4v) is 2.32. The van der Waals surface area contributed by atoms with E-state index in [1.807, 2.05) is 42.5 Å². The first-order valence-electron chi connectivity index (χ1n) is 7.54. The van der Waals surface area contributed by atoms with E-state index in [9.17, 15) is 4.79 Å². The number of benzene rings is 2. The van der Waals surface area contributed by atoms with Gasteiger partial charge in [0.05, 0.1) is 12.8 Å². The maximum atomic E-state index is 12.3. The Morgan fingerprint density at radius 1 is 1.12 bits per heavy atom. The van der Waals surface area contributed by atoms with Crippen LogP contribution in [0.1, 0.15) is 15.9 Å². The molecule has 120 valence electrons. The number of amides is 1. The van der Waals surface area contributed by atoms with Gasteiger partial charge in [0.2, 0.25) is 0 Å². The molecule has 1 heterocycles. The topological polar surface area (TPSA) is 64.1 Å². The van der Waals surface area contributed by atoms with Crippen LogP contribution >= 0.6 is 0 Å². The second-order valence-electron chi connectivity index (χ2n) is 5.21. The van der Waals surface area contributed by atoms with E-state index in [1.54, 1.807) is 25.4 Å². The van der Waals surface area contributed by atoms with Crippen molar-refractivity contribution < 1.29 is 9.53 Å². The standard InChI is InChI=1S/C19H17N3O2/c1-24-17-4-2-3-14(11-17)12-21-19(23)16-7-5-15(6-8-16)18-9-10-20-13-22-18/h2-11,13H,12H2,1H3,(H,21,23). The zero-order chi connectivity index (χ0) is 16.8. The van der Waals surface area contributed by atoms with Gasteiger partial charge in [-0.05, 0) is 35.9 Å². The summed E-state index contributed by atoms with van der Waals surface area (Å²) in [4.78, 5) is 20.3. The van der Waals surface area contributed by atoms with Crippen molar-refractivity contribution in [2.24, 2.45) is 0 Å². The molecule has 3 rings (SSSR count). The molecule has 0 aliphatic carbocycles. The van der Waals surface area contributed by atoms with Gasteiger partial charge in [0, 0.05) is 23.9 Å². The molecule has 0 fully saturated rings. The molecule has 3 aromatic rings. The Balaban J connectivity index is 1.65. The van der Waals surface area contributed by atoms with Crippen molar-refractivity contribution in [3.63, 3.8) is 0 Å². The number of hydrogen-bond acceptors (Lipinski definition) is 4. The normalized spacial score (nSPS) is 10.2. The van der Waals surface area contributed by atoms with Crippen LogP contribution in [0.25, 0.3) is 11.3 Å². The van der Waals surface area contributed by atoms with Gasteiger partial charge in [0.1, 0.15) is 12.1 Å². The maximum Gasteiger partial charge on any atom is 0.251 e. The zero-order valence-corrected chi connectivity index (χ0v) is 13.3. The molecule has 0 saturated carbocycles. The van der Waals surface area contributed by atoms with Crippen LogP contribution in [-0.4, -0.2) is 23.0 Å². The Hall–Kier alpha value is -3.21. The molecule has 0 aliphatic rings. The monoisotopic (exact) mass is 319 g/mol. The predicted octanol–water partition coefficient (Wildman–Crippen LogP) is 3.08. The third-order valence-corrected chi connectivity index (χ3v) is 3.61. The van der Waals surface area contributed by atoms with E-state index < -0.39 is 0 Å². The summed E-state index contributed by atoms with van der Waals surface area (Å²) in [6.07, 6.45) is 3.20. The fraction of sp³-hybridized carbons (Fsp3) is 0.105. The van der Waals surface area contributed by atoms with Gasteiger partial charge >= 0.3 is 0 Å². The molecule has 0 radical (unpaired) electrons. The number of aromatic nitrogens is 2. The molecule has 0 aliphatic heterocycles. The van der Waals surface area contributed by atoms with Crippen molar-refractivity contribution in [1.82, 2.24) is 15.3 Å². The molecule has 1 N–H and O–H groups in total. The quantitative estimate of drug-likeness (QED) is 0.785. The third-order valence-electron chi connectivity index (χ3n) is 3.61. The molecule has 0 saturated heterocycles. The minimum absolute atomic E-state index is 0.118. The zero-order valence-electron chi connectivity index (χ0n) is 13.3. The Labute approximate surface area is 140 Å². The van der Waals surface area contributed by atoms with Gasteiger partial charge in [-0.3, -0.25) is 4.79 Å². The molecule has 1 amide bonds. The lowest BCUT2D eigenvalue weighted by atomic mass is 10.1. The number of nitrogens with one attached hydrogen (secondary N) is 1. The van der Waals surface area contributed by atoms with Gasteiger partial charge in [-0.2, -0.15) is 0 Å². The lowest BCUT2D eigenvalue weighted by Crippen LogP contribution is -2.22. The summed E-state index contributed by atoms with van der Waals surface area (Å²) < 4.78 is 5.18. The summed E-state index contributed by atoms with van der Waals surface area (Å²) in [5.74, 6) is 0.656. The number of methoxy groups -OCH3 is 1. The van der Waals surface area contributed by atoms with Crippen LogP contribution in [0.15, 0.2) is 67.1 Å². The third kappa shape index (κ3) is 3.76. The number of carbonyl (C=O) groups is 1. The highest BCUT2D eigenvalue weighted by molar-refractivity contribution is 5.94. The molecule has 0 spiro atoms. The van der Waals surface area contributed by atoms with Crippen molar-refractivity contribution >= 4 is 5.91 Å². The van der Waals surface area contributed by atoms with E-state index in [0.717, 1.165) is 22.6 Å². The Morgan fingerprint density at radius 2 is 1.96 bits per heavy atom. The largest absolute Gasteiger partial charge is 0.497 e. The van der Waals surface area contributed by atoms with E-state index in [0.29, 0.717) is 12.1 Å². The lowest BCUT2D eigenvalue weighted by Gasteiger charge is -2.07. The maximum absolute atomic E-state index is 12.3. The van der Waals surface area contributed by atoms with E-state index in [2.05, 4.69) is 15.3 Å². The van der Waals surface area contributed by atoms with Crippen molar-refractivity contribution in [1.29, 1.82) is 0 Å². The van der Waals surface area contributed by atoms with E-state index in [-0.39, 0.29) is 5.91 Å². The summed E-state index contributed by atoms with van der Waals surface area (Å²) in [7, 11) is 1.62. The average Bonchev–Trinajstić information content (AvgIpc) is 2.67. The van der Waals surface area contributed by atoms with Crippen LogP contribution in [0.4, 0.5) is 0 Å².